The molecule has 0 radical (unpaired) electrons. The van der Waals surface area contributed by atoms with Crippen LogP contribution in [0.15, 0.2) is 29.3 Å². The van der Waals surface area contributed by atoms with Crippen molar-refractivity contribution in [3.8, 4) is 0 Å². The zero-order valence-corrected chi connectivity index (χ0v) is 17.0. The molecule has 0 heterocycles. The van der Waals surface area contributed by atoms with Crippen molar-refractivity contribution in [1.82, 2.24) is 16.0 Å². The molecule has 0 fully saturated rings. The molecule has 0 aliphatic carbocycles. The van der Waals surface area contributed by atoms with Gasteiger partial charge in [0.25, 0.3) is 0 Å². The quantitative estimate of drug-likeness (QED) is 0.368. The van der Waals surface area contributed by atoms with Crippen LogP contribution in [0, 0.1) is 12.3 Å². The molecule has 0 saturated heterocycles. The lowest BCUT2D eigenvalue weighted by Crippen LogP contribution is -2.47. The summed E-state index contributed by atoms with van der Waals surface area (Å²) in [4.78, 5) is 16.4. The van der Waals surface area contributed by atoms with Gasteiger partial charge in [-0.2, -0.15) is 0 Å². The molecule has 3 N–H and O–H groups in total. The predicted octanol–water partition coefficient (Wildman–Crippen LogP) is 2.44. The van der Waals surface area contributed by atoms with E-state index in [1.165, 1.54) is 5.56 Å². The van der Waals surface area contributed by atoms with E-state index in [0.717, 1.165) is 18.1 Å². The Kier molecular flexibility index (Phi) is 9.87. The highest BCUT2D eigenvalue weighted by atomic mass is 127. The van der Waals surface area contributed by atoms with E-state index < -0.39 is 5.41 Å². The molecule has 0 aromatic heterocycles. The molecule has 0 bridgehead atoms. The van der Waals surface area contributed by atoms with Crippen molar-refractivity contribution in [2.24, 2.45) is 10.4 Å². The minimum atomic E-state index is -0.491. The molecule has 1 aromatic carbocycles. The van der Waals surface area contributed by atoms with Crippen molar-refractivity contribution in [2.45, 2.75) is 34.2 Å². The summed E-state index contributed by atoms with van der Waals surface area (Å²) in [6.07, 6.45) is 0. The Balaban J connectivity index is 0.00000484. The summed E-state index contributed by atoms with van der Waals surface area (Å²) in [6, 6.07) is 8.33. The van der Waals surface area contributed by atoms with Crippen LogP contribution in [0.1, 0.15) is 31.9 Å². The summed E-state index contributed by atoms with van der Waals surface area (Å²) in [5.41, 5.74) is 1.91. The second-order valence-corrected chi connectivity index (χ2v) is 6.00. The lowest BCUT2D eigenvalue weighted by Gasteiger charge is -2.24. The number of nitrogens with one attached hydrogen (secondary N) is 3. The van der Waals surface area contributed by atoms with Gasteiger partial charge in [-0.15, -0.1) is 24.0 Å². The zero-order chi connectivity index (χ0) is 16.6. The highest BCUT2D eigenvalue weighted by molar-refractivity contribution is 14.0. The highest BCUT2D eigenvalue weighted by Crippen LogP contribution is 2.13. The third kappa shape index (κ3) is 7.67. The number of rotatable bonds is 6. The Bertz CT molecular complexity index is 512. The van der Waals surface area contributed by atoms with Gasteiger partial charge in [0.15, 0.2) is 5.96 Å². The fourth-order valence-electron chi connectivity index (χ4n) is 1.93. The van der Waals surface area contributed by atoms with E-state index in [4.69, 9.17) is 0 Å². The first kappa shape index (κ1) is 21.7. The molecule has 0 atom stereocenters. The number of nitrogens with zero attached hydrogens (tertiary/aromatic N) is 1. The summed E-state index contributed by atoms with van der Waals surface area (Å²) >= 11 is 0. The van der Waals surface area contributed by atoms with Gasteiger partial charge in [0.1, 0.15) is 0 Å². The second-order valence-electron chi connectivity index (χ2n) is 6.00. The predicted molar refractivity (Wildman–Crippen MR) is 107 cm³/mol. The van der Waals surface area contributed by atoms with Gasteiger partial charge in [0.2, 0.25) is 5.91 Å². The Hall–Kier alpha value is -1.31. The Labute approximate surface area is 156 Å². The molecular weight excluding hydrogens is 403 g/mol. The third-order valence-corrected chi connectivity index (χ3v) is 3.42. The molecule has 5 nitrogen and oxygen atoms in total. The summed E-state index contributed by atoms with van der Waals surface area (Å²) in [6.45, 7) is 9.81. The van der Waals surface area contributed by atoms with Gasteiger partial charge in [-0.05, 0) is 33.3 Å². The lowest BCUT2D eigenvalue weighted by atomic mass is 9.92. The number of guanidine groups is 1. The maximum Gasteiger partial charge on any atom is 0.227 e. The highest BCUT2D eigenvalue weighted by Gasteiger charge is 2.26. The molecule has 6 heteroatoms. The topological polar surface area (TPSA) is 65.5 Å². The number of aryl methyl sites for hydroxylation is 1. The van der Waals surface area contributed by atoms with Gasteiger partial charge in [0.05, 0.1) is 12.0 Å². The molecule has 0 saturated carbocycles. The zero-order valence-electron chi connectivity index (χ0n) is 14.7. The van der Waals surface area contributed by atoms with E-state index in [2.05, 4.69) is 52.1 Å². The number of hydrogen-bond acceptors (Lipinski definition) is 2. The Morgan fingerprint density at radius 2 is 1.78 bits per heavy atom. The monoisotopic (exact) mass is 432 g/mol. The van der Waals surface area contributed by atoms with Crippen LogP contribution < -0.4 is 16.0 Å². The molecule has 0 aliphatic heterocycles. The van der Waals surface area contributed by atoms with E-state index in [0.29, 0.717) is 13.1 Å². The molecule has 23 heavy (non-hydrogen) atoms. The minimum absolute atomic E-state index is 0. The Morgan fingerprint density at radius 3 is 2.30 bits per heavy atom. The maximum absolute atomic E-state index is 11.8. The van der Waals surface area contributed by atoms with E-state index in [1.54, 1.807) is 7.05 Å². The number of hydrogen-bond donors (Lipinski definition) is 3. The first-order valence-electron chi connectivity index (χ1n) is 7.69. The van der Waals surface area contributed by atoms with Gasteiger partial charge < -0.3 is 16.0 Å². The van der Waals surface area contributed by atoms with Gasteiger partial charge in [-0.1, -0.05) is 29.8 Å². The van der Waals surface area contributed by atoms with E-state index in [1.807, 2.05) is 20.8 Å². The SMILES string of the molecule is CCNC(=NCc1ccc(C)cc1)NCC(C)(C)C(=O)NC.I. The van der Waals surface area contributed by atoms with Crippen LogP contribution in [-0.4, -0.2) is 32.0 Å². The molecule has 1 aromatic rings. The standard InChI is InChI=1S/C17H28N4O.HI/c1-6-19-16(21-12-17(3,4)15(22)18-5)20-11-14-9-7-13(2)8-10-14;/h7-10H,6,11-12H2,1-5H3,(H,18,22)(H2,19,20,21);1H. The molecule has 1 amide bonds. The van der Waals surface area contributed by atoms with Crippen molar-refractivity contribution >= 4 is 35.8 Å². The van der Waals surface area contributed by atoms with Crippen LogP contribution in [0.5, 0.6) is 0 Å². The fourth-order valence-corrected chi connectivity index (χ4v) is 1.93. The molecule has 0 aliphatic rings. The summed E-state index contributed by atoms with van der Waals surface area (Å²) in [7, 11) is 1.65. The molecule has 130 valence electrons. The smallest absolute Gasteiger partial charge is 0.227 e. The van der Waals surface area contributed by atoms with E-state index in [-0.39, 0.29) is 29.9 Å². The van der Waals surface area contributed by atoms with Crippen molar-refractivity contribution in [2.75, 3.05) is 20.1 Å². The minimum Gasteiger partial charge on any atom is -0.359 e. The van der Waals surface area contributed by atoms with Crippen molar-refractivity contribution in [3.63, 3.8) is 0 Å². The van der Waals surface area contributed by atoms with Gasteiger partial charge in [-0.3, -0.25) is 4.79 Å². The van der Waals surface area contributed by atoms with Crippen LogP contribution >= 0.6 is 24.0 Å². The van der Waals surface area contributed by atoms with Crippen LogP contribution in [0.4, 0.5) is 0 Å². The van der Waals surface area contributed by atoms with Gasteiger partial charge >= 0.3 is 0 Å². The van der Waals surface area contributed by atoms with Crippen molar-refractivity contribution < 1.29 is 4.79 Å². The number of carbonyl (C=O) groups excluding carboxylic acids is 1. The van der Waals surface area contributed by atoms with Crippen LogP contribution in [-0.2, 0) is 11.3 Å². The maximum atomic E-state index is 11.8. The second kappa shape index (κ2) is 10.5. The van der Waals surface area contributed by atoms with Gasteiger partial charge in [-0.25, -0.2) is 4.99 Å². The van der Waals surface area contributed by atoms with Gasteiger partial charge in [0, 0.05) is 20.1 Å². The lowest BCUT2D eigenvalue weighted by molar-refractivity contribution is -0.128. The largest absolute Gasteiger partial charge is 0.359 e. The molecule has 0 spiro atoms. The summed E-state index contributed by atoms with van der Waals surface area (Å²) in [5, 5.41) is 9.12. The van der Waals surface area contributed by atoms with Crippen molar-refractivity contribution in [3.05, 3.63) is 35.4 Å². The Morgan fingerprint density at radius 1 is 1.17 bits per heavy atom. The van der Waals surface area contributed by atoms with Crippen LogP contribution in [0.3, 0.4) is 0 Å². The van der Waals surface area contributed by atoms with Crippen molar-refractivity contribution in [1.29, 1.82) is 0 Å². The van der Waals surface area contributed by atoms with E-state index >= 15 is 0 Å². The normalized spacial score (nSPS) is 11.4. The number of amides is 1. The average Bonchev–Trinajstić information content (AvgIpc) is 2.50. The first-order chi connectivity index (χ1) is 10.4. The fraction of sp³-hybridized carbons (Fsp3) is 0.529. The summed E-state index contributed by atoms with van der Waals surface area (Å²) in [5.74, 6) is 0.731. The van der Waals surface area contributed by atoms with Crippen LogP contribution in [0.25, 0.3) is 0 Å². The van der Waals surface area contributed by atoms with Crippen LogP contribution in [0.2, 0.25) is 0 Å². The summed E-state index contributed by atoms with van der Waals surface area (Å²) < 4.78 is 0. The molecular formula is C17H29IN4O. The molecule has 1 rings (SSSR count). The van der Waals surface area contributed by atoms with E-state index in [9.17, 15) is 4.79 Å². The third-order valence-electron chi connectivity index (χ3n) is 3.42. The first-order valence-corrected chi connectivity index (χ1v) is 7.69. The average molecular weight is 432 g/mol. The number of aliphatic imine (C=N–C) groups is 1. The number of benzene rings is 1. The molecule has 0 unspecified atom stereocenters. The number of carbonyl (C=O) groups is 1. The number of halogens is 1.